The second-order valence-electron chi connectivity index (χ2n) is 6.74. The first-order valence-electron chi connectivity index (χ1n) is 9.62. The van der Waals surface area contributed by atoms with Crippen LogP contribution in [0.25, 0.3) is 6.08 Å². The van der Waals surface area contributed by atoms with Gasteiger partial charge in [0.1, 0.15) is 5.75 Å². The molecule has 2 aromatic carbocycles. The van der Waals surface area contributed by atoms with Crippen LogP contribution in [0.2, 0.25) is 0 Å². The number of benzene rings is 2. The highest BCUT2D eigenvalue weighted by Crippen LogP contribution is 2.34. The van der Waals surface area contributed by atoms with E-state index < -0.39 is 0 Å². The third-order valence-electron chi connectivity index (χ3n) is 4.57. The molecule has 1 aliphatic heterocycles. The van der Waals surface area contributed by atoms with E-state index in [-0.39, 0.29) is 5.91 Å². The quantitative estimate of drug-likeness (QED) is 0.589. The average molecular weight is 395 g/mol. The molecule has 0 saturated carbocycles. The van der Waals surface area contributed by atoms with Gasteiger partial charge in [-0.25, -0.2) is 4.99 Å². The minimum absolute atomic E-state index is 0.00129. The van der Waals surface area contributed by atoms with Gasteiger partial charge in [0.15, 0.2) is 5.17 Å². The third kappa shape index (κ3) is 4.65. The van der Waals surface area contributed by atoms with E-state index >= 15 is 0 Å². The molecule has 0 N–H and O–H groups in total. The van der Waals surface area contributed by atoms with Crippen LogP contribution in [0.3, 0.4) is 0 Å². The maximum absolute atomic E-state index is 12.8. The predicted molar refractivity (Wildman–Crippen MR) is 118 cm³/mol. The number of hydrogen-bond donors (Lipinski definition) is 0. The summed E-state index contributed by atoms with van der Waals surface area (Å²) in [4.78, 5) is 19.9. The Labute approximate surface area is 171 Å². The van der Waals surface area contributed by atoms with Crippen molar-refractivity contribution in [2.75, 3.05) is 13.2 Å². The summed E-state index contributed by atoms with van der Waals surface area (Å²) >= 11 is 1.43. The van der Waals surface area contributed by atoms with Crippen LogP contribution >= 0.6 is 11.8 Å². The first-order valence-corrected chi connectivity index (χ1v) is 10.4. The summed E-state index contributed by atoms with van der Waals surface area (Å²) in [6.45, 7) is 9.51. The predicted octanol–water partition coefficient (Wildman–Crippen LogP) is 5.72. The lowest BCUT2D eigenvalue weighted by atomic mass is 10.1. The molecule has 0 radical (unpaired) electrons. The minimum Gasteiger partial charge on any atom is -0.494 e. The van der Waals surface area contributed by atoms with Crippen LogP contribution in [-0.2, 0) is 4.79 Å². The molecule has 28 heavy (non-hydrogen) atoms. The lowest BCUT2D eigenvalue weighted by molar-refractivity contribution is -0.122. The van der Waals surface area contributed by atoms with Crippen molar-refractivity contribution in [1.29, 1.82) is 0 Å². The van der Waals surface area contributed by atoms with E-state index in [0.717, 1.165) is 28.6 Å². The zero-order valence-corrected chi connectivity index (χ0v) is 17.7. The van der Waals surface area contributed by atoms with E-state index in [4.69, 9.17) is 9.73 Å². The van der Waals surface area contributed by atoms with Crippen molar-refractivity contribution in [3.63, 3.8) is 0 Å². The lowest BCUT2D eigenvalue weighted by Gasteiger charge is -2.12. The van der Waals surface area contributed by atoms with Crippen LogP contribution in [0.5, 0.6) is 5.75 Å². The number of carbonyl (C=O) groups excluding carboxylic acids is 1. The third-order valence-corrected chi connectivity index (χ3v) is 5.58. The summed E-state index contributed by atoms with van der Waals surface area (Å²) in [5.41, 5.74) is 4.28. The molecule has 1 aliphatic rings. The molecule has 0 spiro atoms. The van der Waals surface area contributed by atoms with Crippen LogP contribution in [0.1, 0.15) is 37.0 Å². The van der Waals surface area contributed by atoms with Gasteiger partial charge in [0.05, 0.1) is 17.2 Å². The van der Waals surface area contributed by atoms with Gasteiger partial charge >= 0.3 is 0 Å². The molecule has 0 unspecified atom stereocenters. The van der Waals surface area contributed by atoms with Crippen molar-refractivity contribution in [2.45, 2.75) is 34.1 Å². The van der Waals surface area contributed by atoms with Crippen LogP contribution in [0.4, 0.5) is 5.69 Å². The molecule has 1 saturated heterocycles. The van der Waals surface area contributed by atoms with Crippen LogP contribution in [-0.4, -0.2) is 29.1 Å². The molecular weight excluding hydrogens is 368 g/mol. The van der Waals surface area contributed by atoms with E-state index in [2.05, 4.69) is 32.9 Å². The summed E-state index contributed by atoms with van der Waals surface area (Å²) in [5, 5.41) is 0.727. The number of thioether (sulfide) groups is 1. The van der Waals surface area contributed by atoms with Crippen LogP contribution < -0.4 is 4.74 Å². The fourth-order valence-electron chi connectivity index (χ4n) is 2.81. The standard InChI is InChI=1S/C23H26N2O2S/c1-5-13-27-20-11-8-18(9-12-20)15-21-22(26)25(6-2)23(28-21)24-19-10-7-16(3)17(4)14-19/h7-12,14-15H,5-6,13H2,1-4H3/b21-15-,24-23?. The van der Waals surface area contributed by atoms with Gasteiger partial charge in [0.2, 0.25) is 0 Å². The number of amides is 1. The summed E-state index contributed by atoms with van der Waals surface area (Å²) in [5.74, 6) is 0.850. The van der Waals surface area contributed by atoms with Crippen molar-refractivity contribution >= 4 is 34.6 Å². The van der Waals surface area contributed by atoms with Crippen molar-refractivity contribution in [1.82, 2.24) is 4.90 Å². The van der Waals surface area contributed by atoms with E-state index in [1.165, 1.54) is 22.9 Å². The van der Waals surface area contributed by atoms with E-state index in [0.29, 0.717) is 18.1 Å². The number of hydrogen-bond acceptors (Lipinski definition) is 4. The first kappa shape index (κ1) is 20.2. The Morgan fingerprint density at radius 3 is 2.46 bits per heavy atom. The molecule has 1 fully saturated rings. The number of amidine groups is 1. The summed E-state index contributed by atoms with van der Waals surface area (Å²) in [6.07, 6.45) is 2.90. The molecule has 2 aromatic rings. The molecule has 1 heterocycles. The number of likely N-dealkylation sites (N-methyl/N-ethyl adjacent to an activating group) is 1. The van der Waals surface area contributed by atoms with Gasteiger partial charge in [-0.2, -0.15) is 0 Å². The van der Waals surface area contributed by atoms with Crippen LogP contribution in [0, 0.1) is 13.8 Å². The number of aliphatic imine (C=N–C) groups is 1. The molecule has 1 amide bonds. The van der Waals surface area contributed by atoms with Gasteiger partial charge in [0, 0.05) is 6.54 Å². The molecule has 0 atom stereocenters. The second kappa shape index (κ2) is 9.11. The van der Waals surface area contributed by atoms with E-state index in [1.807, 2.05) is 43.3 Å². The Morgan fingerprint density at radius 1 is 1.07 bits per heavy atom. The Bertz CT molecular complexity index is 917. The van der Waals surface area contributed by atoms with Gasteiger partial charge < -0.3 is 4.74 Å². The largest absolute Gasteiger partial charge is 0.494 e. The minimum atomic E-state index is 0.00129. The van der Waals surface area contributed by atoms with Gasteiger partial charge in [-0.05, 0) is 86.0 Å². The maximum atomic E-state index is 12.8. The lowest BCUT2D eigenvalue weighted by Crippen LogP contribution is -2.28. The van der Waals surface area contributed by atoms with E-state index in [9.17, 15) is 4.79 Å². The zero-order valence-electron chi connectivity index (χ0n) is 16.9. The fraction of sp³-hybridized carbons (Fsp3) is 0.304. The van der Waals surface area contributed by atoms with E-state index in [1.54, 1.807) is 4.90 Å². The number of carbonyl (C=O) groups is 1. The van der Waals surface area contributed by atoms with Crippen molar-refractivity contribution < 1.29 is 9.53 Å². The summed E-state index contributed by atoms with van der Waals surface area (Å²) < 4.78 is 5.62. The highest BCUT2D eigenvalue weighted by molar-refractivity contribution is 8.18. The zero-order chi connectivity index (χ0) is 20.1. The molecule has 5 heteroatoms. The van der Waals surface area contributed by atoms with Crippen LogP contribution in [0.15, 0.2) is 52.4 Å². The molecule has 0 bridgehead atoms. The Hall–Kier alpha value is -2.53. The summed E-state index contributed by atoms with van der Waals surface area (Å²) in [7, 11) is 0. The SMILES string of the molecule is CCCOc1ccc(/C=C2\SC(=Nc3ccc(C)c(C)c3)N(CC)C2=O)cc1. The first-order chi connectivity index (χ1) is 13.5. The average Bonchev–Trinajstić information content (AvgIpc) is 2.98. The van der Waals surface area contributed by atoms with Crippen molar-refractivity contribution in [3.8, 4) is 5.75 Å². The number of rotatable bonds is 6. The molecular formula is C23H26N2O2S. The normalized spacial score (nSPS) is 17.0. The maximum Gasteiger partial charge on any atom is 0.266 e. The van der Waals surface area contributed by atoms with Gasteiger partial charge in [0.25, 0.3) is 5.91 Å². The van der Waals surface area contributed by atoms with Gasteiger partial charge in [-0.1, -0.05) is 25.1 Å². The number of nitrogens with zero attached hydrogens (tertiary/aromatic N) is 2. The van der Waals surface area contributed by atoms with Crippen molar-refractivity contribution in [3.05, 3.63) is 64.1 Å². The van der Waals surface area contributed by atoms with Gasteiger partial charge in [-0.3, -0.25) is 9.69 Å². The molecule has 0 aromatic heterocycles. The second-order valence-corrected chi connectivity index (χ2v) is 7.75. The highest BCUT2D eigenvalue weighted by Gasteiger charge is 2.32. The smallest absolute Gasteiger partial charge is 0.266 e. The molecule has 3 rings (SSSR count). The highest BCUT2D eigenvalue weighted by atomic mass is 32.2. The topological polar surface area (TPSA) is 41.9 Å². The molecule has 146 valence electrons. The number of aryl methyl sites for hydroxylation is 2. The monoisotopic (exact) mass is 394 g/mol. The van der Waals surface area contributed by atoms with Crippen molar-refractivity contribution in [2.24, 2.45) is 4.99 Å². The summed E-state index contributed by atoms with van der Waals surface area (Å²) in [6, 6.07) is 13.9. The van der Waals surface area contributed by atoms with Gasteiger partial charge in [-0.15, -0.1) is 0 Å². The Morgan fingerprint density at radius 2 is 1.82 bits per heavy atom. The molecule has 4 nitrogen and oxygen atoms in total. The fourth-order valence-corrected chi connectivity index (χ4v) is 3.87. The number of ether oxygens (including phenoxy) is 1. The molecule has 0 aliphatic carbocycles. The Kier molecular flexibility index (Phi) is 6.57. The Balaban J connectivity index is 1.83.